The van der Waals surface area contributed by atoms with Gasteiger partial charge in [0.2, 0.25) is 5.91 Å². The van der Waals surface area contributed by atoms with Crippen molar-refractivity contribution in [2.24, 2.45) is 0 Å². The van der Waals surface area contributed by atoms with E-state index in [1.165, 1.54) is 6.20 Å². The molecule has 0 radical (unpaired) electrons. The zero-order chi connectivity index (χ0) is 14.2. The molecular formula is C14H21ClN4O2. The van der Waals surface area contributed by atoms with Gasteiger partial charge in [0, 0.05) is 51.5 Å². The fourth-order valence-electron chi connectivity index (χ4n) is 2.11. The minimum atomic E-state index is -0.146. The van der Waals surface area contributed by atoms with Gasteiger partial charge in [0.25, 0.3) is 5.91 Å². The molecule has 21 heavy (non-hydrogen) atoms. The molecule has 2 heterocycles. The van der Waals surface area contributed by atoms with Crippen LogP contribution in [0.25, 0.3) is 0 Å². The Morgan fingerprint density at radius 1 is 1.33 bits per heavy atom. The van der Waals surface area contributed by atoms with E-state index in [9.17, 15) is 9.59 Å². The van der Waals surface area contributed by atoms with Gasteiger partial charge in [0.15, 0.2) is 0 Å². The van der Waals surface area contributed by atoms with Gasteiger partial charge in [-0.1, -0.05) is 0 Å². The van der Waals surface area contributed by atoms with Crippen LogP contribution in [0.4, 0.5) is 0 Å². The van der Waals surface area contributed by atoms with Crippen molar-refractivity contribution in [2.45, 2.75) is 12.8 Å². The molecule has 1 saturated heterocycles. The fraction of sp³-hybridized carbons (Fsp3) is 0.500. The van der Waals surface area contributed by atoms with Crippen molar-refractivity contribution in [3.05, 3.63) is 30.1 Å². The van der Waals surface area contributed by atoms with Crippen LogP contribution in [0.15, 0.2) is 24.5 Å². The minimum Gasteiger partial charge on any atom is -0.352 e. The number of pyridine rings is 1. The molecule has 0 unspecified atom stereocenters. The molecule has 0 aromatic carbocycles. The molecule has 116 valence electrons. The Balaban J connectivity index is 0.00000220. The van der Waals surface area contributed by atoms with Gasteiger partial charge in [-0.25, -0.2) is 0 Å². The van der Waals surface area contributed by atoms with Crippen LogP contribution < -0.4 is 10.6 Å². The Bertz CT molecular complexity index is 450. The molecule has 1 aliphatic rings. The second-order valence-electron chi connectivity index (χ2n) is 4.73. The predicted molar refractivity (Wildman–Crippen MR) is 82.5 cm³/mol. The van der Waals surface area contributed by atoms with Crippen LogP contribution in [0.3, 0.4) is 0 Å². The third kappa shape index (κ3) is 5.69. The Morgan fingerprint density at radius 2 is 2.10 bits per heavy atom. The summed E-state index contributed by atoms with van der Waals surface area (Å²) in [6.07, 6.45) is 4.30. The average molecular weight is 313 g/mol. The standard InChI is InChI=1S/C14H20N4O2.ClH/c19-13(18-9-7-15-8-10-18)4-2-6-17-14(20)12-3-1-5-16-11-12;/h1,3,5,11,15H,2,4,6-10H2,(H,17,20);1H. The Hall–Kier alpha value is -1.66. The lowest BCUT2D eigenvalue weighted by atomic mass is 10.2. The summed E-state index contributed by atoms with van der Waals surface area (Å²) in [6, 6.07) is 3.44. The predicted octanol–water partition coefficient (Wildman–Crippen LogP) is 0.445. The van der Waals surface area contributed by atoms with Crippen molar-refractivity contribution in [1.82, 2.24) is 20.5 Å². The van der Waals surface area contributed by atoms with Gasteiger partial charge < -0.3 is 15.5 Å². The SMILES string of the molecule is Cl.O=C(NCCCC(=O)N1CCNCC1)c1cccnc1. The van der Waals surface area contributed by atoms with E-state index < -0.39 is 0 Å². The summed E-state index contributed by atoms with van der Waals surface area (Å²) in [4.78, 5) is 29.4. The number of rotatable bonds is 5. The molecule has 1 aromatic rings. The summed E-state index contributed by atoms with van der Waals surface area (Å²) >= 11 is 0. The number of nitrogens with zero attached hydrogens (tertiary/aromatic N) is 2. The number of carbonyl (C=O) groups excluding carboxylic acids is 2. The summed E-state index contributed by atoms with van der Waals surface area (Å²) in [6.45, 7) is 3.79. The highest BCUT2D eigenvalue weighted by Gasteiger charge is 2.15. The number of hydrogen-bond acceptors (Lipinski definition) is 4. The van der Waals surface area contributed by atoms with Crippen LogP contribution in [-0.2, 0) is 4.79 Å². The molecule has 1 aliphatic heterocycles. The highest BCUT2D eigenvalue weighted by Crippen LogP contribution is 2.00. The highest BCUT2D eigenvalue weighted by atomic mass is 35.5. The molecule has 0 bridgehead atoms. The van der Waals surface area contributed by atoms with Gasteiger partial charge >= 0.3 is 0 Å². The molecule has 7 heteroatoms. The van der Waals surface area contributed by atoms with E-state index >= 15 is 0 Å². The van der Waals surface area contributed by atoms with E-state index in [2.05, 4.69) is 15.6 Å². The summed E-state index contributed by atoms with van der Waals surface area (Å²) in [5.41, 5.74) is 0.543. The van der Waals surface area contributed by atoms with Gasteiger partial charge in [-0.05, 0) is 18.6 Å². The monoisotopic (exact) mass is 312 g/mol. The average Bonchev–Trinajstić information content (AvgIpc) is 2.53. The molecular weight excluding hydrogens is 292 g/mol. The summed E-state index contributed by atoms with van der Waals surface area (Å²) < 4.78 is 0. The molecule has 0 atom stereocenters. The maximum absolute atomic E-state index is 11.9. The second kappa shape index (κ2) is 9.31. The van der Waals surface area contributed by atoms with E-state index in [0.29, 0.717) is 24.9 Å². The molecule has 1 aromatic heterocycles. The Morgan fingerprint density at radius 3 is 2.76 bits per heavy atom. The van der Waals surface area contributed by atoms with Crippen molar-refractivity contribution >= 4 is 24.2 Å². The van der Waals surface area contributed by atoms with E-state index in [4.69, 9.17) is 0 Å². The van der Waals surface area contributed by atoms with Gasteiger partial charge in [-0.3, -0.25) is 14.6 Å². The van der Waals surface area contributed by atoms with E-state index in [1.54, 1.807) is 18.3 Å². The van der Waals surface area contributed by atoms with E-state index in [0.717, 1.165) is 26.2 Å². The van der Waals surface area contributed by atoms with Crippen LogP contribution in [0.5, 0.6) is 0 Å². The lowest BCUT2D eigenvalue weighted by Crippen LogP contribution is -2.46. The zero-order valence-electron chi connectivity index (χ0n) is 11.9. The normalized spacial score (nSPS) is 14.2. The molecule has 0 saturated carbocycles. The third-order valence-electron chi connectivity index (χ3n) is 3.25. The minimum absolute atomic E-state index is 0. The molecule has 2 rings (SSSR count). The van der Waals surface area contributed by atoms with Crippen LogP contribution in [-0.4, -0.2) is 54.4 Å². The number of aromatic nitrogens is 1. The van der Waals surface area contributed by atoms with Gasteiger partial charge in [-0.15, -0.1) is 12.4 Å². The van der Waals surface area contributed by atoms with E-state index in [-0.39, 0.29) is 24.2 Å². The van der Waals surface area contributed by atoms with Crippen molar-refractivity contribution in [1.29, 1.82) is 0 Å². The van der Waals surface area contributed by atoms with Crippen LogP contribution >= 0.6 is 12.4 Å². The number of amides is 2. The number of carbonyl (C=O) groups is 2. The van der Waals surface area contributed by atoms with Gasteiger partial charge in [0.1, 0.15) is 0 Å². The van der Waals surface area contributed by atoms with E-state index in [1.807, 2.05) is 4.90 Å². The van der Waals surface area contributed by atoms with Crippen LogP contribution in [0.1, 0.15) is 23.2 Å². The van der Waals surface area contributed by atoms with Gasteiger partial charge in [-0.2, -0.15) is 0 Å². The van der Waals surface area contributed by atoms with Crippen molar-refractivity contribution in [2.75, 3.05) is 32.7 Å². The third-order valence-corrected chi connectivity index (χ3v) is 3.25. The van der Waals surface area contributed by atoms with Crippen molar-refractivity contribution in [3.8, 4) is 0 Å². The first-order chi connectivity index (χ1) is 9.77. The van der Waals surface area contributed by atoms with Crippen molar-refractivity contribution < 1.29 is 9.59 Å². The Kier molecular flexibility index (Phi) is 7.71. The number of hydrogen-bond donors (Lipinski definition) is 2. The van der Waals surface area contributed by atoms with Crippen LogP contribution in [0.2, 0.25) is 0 Å². The molecule has 0 aliphatic carbocycles. The maximum atomic E-state index is 11.9. The molecule has 6 nitrogen and oxygen atoms in total. The molecule has 0 spiro atoms. The first-order valence-corrected chi connectivity index (χ1v) is 6.94. The summed E-state index contributed by atoms with van der Waals surface area (Å²) in [5, 5.41) is 6.01. The number of nitrogens with one attached hydrogen (secondary N) is 2. The smallest absolute Gasteiger partial charge is 0.252 e. The molecule has 1 fully saturated rings. The molecule has 2 N–H and O–H groups in total. The maximum Gasteiger partial charge on any atom is 0.252 e. The van der Waals surface area contributed by atoms with Crippen molar-refractivity contribution in [3.63, 3.8) is 0 Å². The topological polar surface area (TPSA) is 74.3 Å². The first-order valence-electron chi connectivity index (χ1n) is 6.94. The largest absolute Gasteiger partial charge is 0.352 e. The second-order valence-corrected chi connectivity index (χ2v) is 4.73. The number of halogens is 1. The lowest BCUT2D eigenvalue weighted by Gasteiger charge is -2.27. The van der Waals surface area contributed by atoms with Gasteiger partial charge in [0.05, 0.1) is 5.56 Å². The zero-order valence-corrected chi connectivity index (χ0v) is 12.7. The fourth-order valence-corrected chi connectivity index (χ4v) is 2.11. The summed E-state index contributed by atoms with van der Waals surface area (Å²) in [5.74, 6) is 0.0230. The first kappa shape index (κ1) is 17.4. The quantitative estimate of drug-likeness (QED) is 0.774. The number of piperazine rings is 1. The summed E-state index contributed by atoms with van der Waals surface area (Å²) in [7, 11) is 0. The highest BCUT2D eigenvalue weighted by molar-refractivity contribution is 5.93. The molecule has 2 amide bonds. The van der Waals surface area contributed by atoms with Crippen LogP contribution in [0, 0.1) is 0 Å². The lowest BCUT2D eigenvalue weighted by molar-refractivity contribution is -0.131. The Labute approximate surface area is 130 Å².